The number of carbonyl (C=O) groups excluding carboxylic acids is 1. The molecular formula is C21H24N2O2. The average molecular weight is 336 g/mol. The number of esters is 1. The maximum atomic E-state index is 12.5. The van der Waals surface area contributed by atoms with Crippen LogP contribution in [0.4, 0.5) is 0 Å². The summed E-state index contributed by atoms with van der Waals surface area (Å²) >= 11 is 0. The summed E-state index contributed by atoms with van der Waals surface area (Å²) in [5.41, 5.74) is 3.98. The van der Waals surface area contributed by atoms with Crippen molar-refractivity contribution in [2.75, 3.05) is 13.1 Å². The normalized spacial score (nSPS) is 20.2. The minimum Gasteiger partial charge on any atom is -0.452 e. The zero-order chi connectivity index (χ0) is 17.1. The number of pyridine rings is 1. The van der Waals surface area contributed by atoms with E-state index in [4.69, 9.17) is 4.74 Å². The van der Waals surface area contributed by atoms with Gasteiger partial charge in [0.05, 0.1) is 11.3 Å². The highest BCUT2D eigenvalue weighted by Crippen LogP contribution is 2.32. The predicted octanol–water partition coefficient (Wildman–Crippen LogP) is 3.91. The summed E-state index contributed by atoms with van der Waals surface area (Å²) in [7, 11) is 0. The molecule has 1 atom stereocenters. The van der Waals surface area contributed by atoms with Crippen LogP contribution in [0.25, 0.3) is 0 Å². The van der Waals surface area contributed by atoms with Crippen molar-refractivity contribution in [3.8, 4) is 0 Å². The molecule has 4 nitrogen and oxygen atoms in total. The minimum absolute atomic E-state index is 0.211. The van der Waals surface area contributed by atoms with E-state index in [2.05, 4.69) is 16.0 Å². The Morgan fingerprint density at radius 2 is 1.92 bits per heavy atom. The van der Waals surface area contributed by atoms with Crippen LogP contribution in [0.2, 0.25) is 0 Å². The van der Waals surface area contributed by atoms with E-state index in [1.54, 1.807) is 6.20 Å². The zero-order valence-corrected chi connectivity index (χ0v) is 14.5. The third kappa shape index (κ3) is 3.74. The van der Waals surface area contributed by atoms with Gasteiger partial charge < -0.3 is 4.74 Å². The number of carbonyl (C=O) groups is 1. The van der Waals surface area contributed by atoms with E-state index in [0.29, 0.717) is 5.56 Å². The van der Waals surface area contributed by atoms with Crippen molar-refractivity contribution in [1.82, 2.24) is 9.88 Å². The van der Waals surface area contributed by atoms with E-state index >= 15 is 0 Å². The van der Waals surface area contributed by atoms with Gasteiger partial charge >= 0.3 is 5.97 Å². The Hall–Kier alpha value is -2.20. The van der Waals surface area contributed by atoms with Gasteiger partial charge in [-0.15, -0.1) is 0 Å². The lowest BCUT2D eigenvalue weighted by Crippen LogP contribution is -2.29. The Kier molecular flexibility index (Phi) is 4.79. The van der Waals surface area contributed by atoms with Crippen molar-refractivity contribution in [3.63, 3.8) is 0 Å². The van der Waals surface area contributed by atoms with Crippen molar-refractivity contribution >= 4 is 5.97 Å². The fourth-order valence-corrected chi connectivity index (χ4v) is 3.81. The number of hydrogen-bond acceptors (Lipinski definition) is 4. The summed E-state index contributed by atoms with van der Waals surface area (Å²) in [5.74, 6) is -0.256. The molecule has 0 spiro atoms. The lowest BCUT2D eigenvalue weighted by molar-refractivity contribution is 0.0292. The van der Waals surface area contributed by atoms with E-state index in [9.17, 15) is 4.79 Å². The van der Waals surface area contributed by atoms with Gasteiger partial charge in [0, 0.05) is 12.7 Å². The Morgan fingerprint density at radius 1 is 1.12 bits per heavy atom. The molecule has 1 aromatic carbocycles. The Bertz CT molecular complexity index is 736. The summed E-state index contributed by atoms with van der Waals surface area (Å²) in [5, 5.41) is 0. The van der Waals surface area contributed by atoms with E-state index in [0.717, 1.165) is 25.1 Å². The van der Waals surface area contributed by atoms with Crippen molar-refractivity contribution in [1.29, 1.82) is 0 Å². The molecular weight excluding hydrogens is 312 g/mol. The first-order valence-electron chi connectivity index (χ1n) is 9.26. The molecule has 0 amide bonds. The Balaban J connectivity index is 1.38. The Morgan fingerprint density at radius 3 is 2.72 bits per heavy atom. The molecule has 2 heterocycles. The summed E-state index contributed by atoms with van der Waals surface area (Å²) in [6, 6.07) is 11.9. The van der Waals surface area contributed by atoms with Gasteiger partial charge in [-0.25, -0.2) is 4.79 Å². The second-order valence-corrected chi connectivity index (χ2v) is 7.01. The van der Waals surface area contributed by atoms with Crippen LogP contribution < -0.4 is 0 Å². The van der Waals surface area contributed by atoms with Gasteiger partial charge in [-0.2, -0.15) is 0 Å². The first-order chi connectivity index (χ1) is 12.3. The van der Waals surface area contributed by atoms with Crippen LogP contribution in [0.3, 0.4) is 0 Å². The van der Waals surface area contributed by atoms with E-state index in [1.807, 2.05) is 30.3 Å². The standard InChI is InChI=1S/C21H24N2O2/c24-21(25-19-11-10-17-5-4-12-22-20(17)19)18-8-6-16(7-9-18)15-23-13-2-1-3-14-23/h4-9,12,19H,1-3,10-11,13-15H2. The van der Waals surface area contributed by atoms with Crippen LogP contribution in [0.1, 0.15) is 59.0 Å². The molecule has 1 aromatic heterocycles. The van der Waals surface area contributed by atoms with Gasteiger partial charge in [0.1, 0.15) is 6.10 Å². The summed E-state index contributed by atoms with van der Waals surface area (Å²) in [6.45, 7) is 3.32. The maximum Gasteiger partial charge on any atom is 0.338 e. The average Bonchev–Trinajstić information content (AvgIpc) is 3.06. The highest BCUT2D eigenvalue weighted by molar-refractivity contribution is 5.89. The highest BCUT2D eigenvalue weighted by Gasteiger charge is 2.27. The number of benzene rings is 1. The molecule has 1 aliphatic heterocycles. The summed E-state index contributed by atoms with van der Waals surface area (Å²) in [4.78, 5) is 19.3. The molecule has 0 radical (unpaired) electrons. The van der Waals surface area contributed by atoms with Gasteiger partial charge in [-0.1, -0.05) is 24.6 Å². The van der Waals surface area contributed by atoms with Crippen LogP contribution >= 0.6 is 0 Å². The number of nitrogens with zero attached hydrogens (tertiary/aromatic N) is 2. The maximum absolute atomic E-state index is 12.5. The number of piperidine rings is 1. The number of hydrogen-bond donors (Lipinski definition) is 0. The van der Waals surface area contributed by atoms with Crippen molar-refractivity contribution in [2.45, 2.75) is 44.8 Å². The summed E-state index contributed by atoms with van der Waals surface area (Å²) < 4.78 is 5.70. The van der Waals surface area contributed by atoms with Gasteiger partial charge in [0.25, 0.3) is 0 Å². The molecule has 4 heteroatoms. The number of aromatic nitrogens is 1. The SMILES string of the molecule is O=C(OC1CCc2cccnc21)c1ccc(CN2CCCCC2)cc1. The van der Waals surface area contributed by atoms with Crippen LogP contribution in [0.5, 0.6) is 0 Å². The van der Waals surface area contributed by atoms with E-state index in [1.165, 1.54) is 43.5 Å². The topological polar surface area (TPSA) is 42.4 Å². The molecule has 1 saturated heterocycles. The van der Waals surface area contributed by atoms with Crippen molar-refractivity contribution in [3.05, 3.63) is 65.0 Å². The van der Waals surface area contributed by atoms with Gasteiger partial charge in [-0.05, 0) is 68.1 Å². The quantitative estimate of drug-likeness (QED) is 0.794. The lowest BCUT2D eigenvalue weighted by atomic mass is 10.1. The highest BCUT2D eigenvalue weighted by atomic mass is 16.5. The first-order valence-corrected chi connectivity index (χ1v) is 9.26. The van der Waals surface area contributed by atoms with Crippen molar-refractivity contribution < 1.29 is 9.53 Å². The molecule has 1 fully saturated rings. The molecule has 0 saturated carbocycles. The van der Waals surface area contributed by atoms with E-state index in [-0.39, 0.29) is 12.1 Å². The molecule has 0 bridgehead atoms. The Labute approximate surface area is 148 Å². The second-order valence-electron chi connectivity index (χ2n) is 7.01. The summed E-state index contributed by atoms with van der Waals surface area (Å²) in [6.07, 6.45) is 7.24. The number of fused-ring (bicyclic) bond motifs is 1. The van der Waals surface area contributed by atoms with Gasteiger partial charge in [0.15, 0.2) is 0 Å². The third-order valence-corrected chi connectivity index (χ3v) is 5.20. The van der Waals surface area contributed by atoms with Gasteiger partial charge in [0.2, 0.25) is 0 Å². The molecule has 130 valence electrons. The molecule has 1 aliphatic carbocycles. The monoisotopic (exact) mass is 336 g/mol. The minimum atomic E-state index is -0.256. The fraction of sp³-hybridized carbons (Fsp3) is 0.429. The largest absolute Gasteiger partial charge is 0.452 e. The molecule has 4 rings (SSSR count). The fourth-order valence-electron chi connectivity index (χ4n) is 3.81. The van der Waals surface area contributed by atoms with Gasteiger partial charge in [-0.3, -0.25) is 9.88 Å². The first kappa shape index (κ1) is 16.3. The van der Waals surface area contributed by atoms with E-state index < -0.39 is 0 Å². The predicted molar refractivity (Wildman–Crippen MR) is 96.3 cm³/mol. The van der Waals surface area contributed by atoms with Crippen LogP contribution in [0.15, 0.2) is 42.6 Å². The molecule has 2 aromatic rings. The lowest BCUT2D eigenvalue weighted by Gasteiger charge is -2.26. The van der Waals surface area contributed by atoms with Crippen LogP contribution in [-0.4, -0.2) is 28.9 Å². The number of likely N-dealkylation sites (tertiary alicyclic amines) is 1. The smallest absolute Gasteiger partial charge is 0.338 e. The number of aryl methyl sites for hydroxylation is 1. The number of ether oxygens (including phenoxy) is 1. The number of rotatable bonds is 4. The molecule has 2 aliphatic rings. The molecule has 25 heavy (non-hydrogen) atoms. The van der Waals surface area contributed by atoms with Crippen molar-refractivity contribution in [2.24, 2.45) is 0 Å². The van der Waals surface area contributed by atoms with Crippen LogP contribution in [0, 0.1) is 0 Å². The third-order valence-electron chi connectivity index (χ3n) is 5.20. The molecule has 1 unspecified atom stereocenters. The van der Waals surface area contributed by atoms with Crippen LogP contribution in [-0.2, 0) is 17.7 Å². The zero-order valence-electron chi connectivity index (χ0n) is 14.5. The second kappa shape index (κ2) is 7.36. The molecule has 0 N–H and O–H groups in total.